The molecule has 0 saturated heterocycles. The van der Waals surface area contributed by atoms with E-state index in [4.69, 9.17) is 4.74 Å². The van der Waals surface area contributed by atoms with Gasteiger partial charge in [-0.05, 0) is 44.5 Å². The molecule has 3 aromatic rings. The standard InChI is InChI=1S/C20H22N6O2.ClH/c1-3-28-17-10-19-22-13(2)11-26(19)12-15(17)20(27)23-18-5-4-16(24-25-18)14-6-8-21-9-7-14;/h4-6,10-12,21H,3,7-9H2,1-2H3,(H,23,25,27);1H. The molecule has 0 radical (unpaired) electrons. The smallest absolute Gasteiger partial charge is 0.262 e. The Balaban J connectivity index is 0.00000240. The minimum atomic E-state index is -0.306. The van der Waals surface area contributed by atoms with Gasteiger partial charge in [-0.3, -0.25) is 4.79 Å². The third-order valence-electron chi connectivity index (χ3n) is 4.52. The van der Waals surface area contributed by atoms with Crippen LogP contribution in [0.4, 0.5) is 5.82 Å². The molecule has 2 N–H and O–H groups in total. The molecule has 0 aromatic carbocycles. The molecule has 29 heavy (non-hydrogen) atoms. The van der Waals surface area contributed by atoms with E-state index in [0.717, 1.165) is 36.5 Å². The molecule has 8 nitrogen and oxygen atoms in total. The second-order valence-corrected chi connectivity index (χ2v) is 6.57. The van der Waals surface area contributed by atoms with Crippen molar-refractivity contribution in [2.75, 3.05) is 25.0 Å². The van der Waals surface area contributed by atoms with Crippen LogP contribution in [0, 0.1) is 6.92 Å². The van der Waals surface area contributed by atoms with Crippen molar-refractivity contribution in [3.8, 4) is 5.75 Å². The van der Waals surface area contributed by atoms with Crippen LogP contribution in [-0.4, -0.2) is 45.2 Å². The molecule has 4 heterocycles. The van der Waals surface area contributed by atoms with E-state index in [1.54, 1.807) is 18.3 Å². The van der Waals surface area contributed by atoms with Gasteiger partial charge in [0, 0.05) is 25.0 Å². The second kappa shape index (κ2) is 9.02. The molecule has 152 valence electrons. The van der Waals surface area contributed by atoms with E-state index in [-0.39, 0.29) is 18.3 Å². The highest BCUT2D eigenvalue weighted by Crippen LogP contribution is 2.23. The molecule has 0 bridgehead atoms. The Bertz CT molecular complexity index is 1050. The van der Waals surface area contributed by atoms with Gasteiger partial charge in [0.25, 0.3) is 5.91 Å². The Morgan fingerprint density at radius 2 is 2.17 bits per heavy atom. The van der Waals surface area contributed by atoms with E-state index in [1.165, 1.54) is 5.57 Å². The number of hydrogen-bond donors (Lipinski definition) is 2. The summed E-state index contributed by atoms with van der Waals surface area (Å²) >= 11 is 0. The van der Waals surface area contributed by atoms with Gasteiger partial charge in [-0.2, -0.15) is 0 Å². The van der Waals surface area contributed by atoms with E-state index in [9.17, 15) is 4.79 Å². The van der Waals surface area contributed by atoms with Gasteiger partial charge in [0.1, 0.15) is 11.4 Å². The summed E-state index contributed by atoms with van der Waals surface area (Å²) in [5.41, 5.74) is 4.03. The molecule has 1 amide bonds. The summed E-state index contributed by atoms with van der Waals surface area (Å²) in [6.07, 6.45) is 6.62. The molecular weight excluding hydrogens is 392 g/mol. The third-order valence-corrected chi connectivity index (χ3v) is 4.52. The second-order valence-electron chi connectivity index (χ2n) is 6.57. The van der Waals surface area contributed by atoms with Crippen LogP contribution in [0.1, 0.15) is 35.1 Å². The third kappa shape index (κ3) is 4.55. The van der Waals surface area contributed by atoms with E-state index >= 15 is 0 Å². The molecule has 1 aliphatic heterocycles. The van der Waals surface area contributed by atoms with Gasteiger partial charge in [-0.1, -0.05) is 6.08 Å². The van der Waals surface area contributed by atoms with Gasteiger partial charge in [-0.25, -0.2) is 4.98 Å². The number of nitrogens with zero attached hydrogens (tertiary/aromatic N) is 4. The largest absolute Gasteiger partial charge is 0.493 e. The predicted molar refractivity (Wildman–Crippen MR) is 114 cm³/mol. The number of ether oxygens (including phenoxy) is 1. The van der Waals surface area contributed by atoms with Crippen LogP contribution < -0.4 is 15.4 Å². The lowest BCUT2D eigenvalue weighted by molar-refractivity contribution is 0.102. The van der Waals surface area contributed by atoms with Crippen LogP contribution in [0.3, 0.4) is 0 Å². The van der Waals surface area contributed by atoms with Gasteiger partial charge >= 0.3 is 0 Å². The van der Waals surface area contributed by atoms with Crippen LogP contribution in [0.25, 0.3) is 11.2 Å². The number of anilines is 1. The molecular formula is C20H23ClN6O2. The van der Waals surface area contributed by atoms with Gasteiger partial charge < -0.3 is 19.8 Å². The number of aromatic nitrogens is 4. The number of imidazole rings is 1. The number of amides is 1. The Hall–Kier alpha value is -2.97. The maximum Gasteiger partial charge on any atom is 0.262 e. The first-order valence-corrected chi connectivity index (χ1v) is 9.31. The van der Waals surface area contributed by atoms with Crippen molar-refractivity contribution >= 4 is 35.4 Å². The van der Waals surface area contributed by atoms with Crippen molar-refractivity contribution in [2.24, 2.45) is 0 Å². The predicted octanol–water partition coefficient (Wildman–Crippen LogP) is 2.88. The summed E-state index contributed by atoms with van der Waals surface area (Å²) in [6.45, 7) is 6.01. The van der Waals surface area contributed by atoms with Crippen LogP contribution in [-0.2, 0) is 0 Å². The SMILES string of the molecule is CCOc1cc2nc(C)cn2cc1C(=O)Nc1ccc(C2=CCNCC2)nn1.Cl. The number of fused-ring (bicyclic) bond motifs is 1. The quantitative estimate of drug-likeness (QED) is 0.666. The van der Waals surface area contributed by atoms with Crippen LogP contribution >= 0.6 is 12.4 Å². The zero-order chi connectivity index (χ0) is 19.5. The zero-order valence-electron chi connectivity index (χ0n) is 16.3. The van der Waals surface area contributed by atoms with E-state index in [0.29, 0.717) is 23.7 Å². The fourth-order valence-corrected chi connectivity index (χ4v) is 3.20. The number of nitrogens with one attached hydrogen (secondary N) is 2. The highest BCUT2D eigenvalue weighted by Gasteiger charge is 2.17. The minimum absolute atomic E-state index is 0. The number of halogens is 1. The van der Waals surface area contributed by atoms with Crippen molar-refractivity contribution in [2.45, 2.75) is 20.3 Å². The summed E-state index contributed by atoms with van der Waals surface area (Å²) in [5.74, 6) is 0.579. The van der Waals surface area contributed by atoms with Gasteiger partial charge in [-0.15, -0.1) is 22.6 Å². The number of carbonyl (C=O) groups is 1. The molecule has 0 unspecified atom stereocenters. The maximum absolute atomic E-state index is 12.8. The van der Waals surface area contributed by atoms with Crippen LogP contribution in [0.15, 0.2) is 36.7 Å². The highest BCUT2D eigenvalue weighted by molar-refractivity contribution is 6.05. The Morgan fingerprint density at radius 1 is 1.31 bits per heavy atom. The molecule has 0 atom stereocenters. The monoisotopic (exact) mass is 414 g/mol. The first-order valence-electron chi connectivity index (χ1n) is 9.31. The summed E-state index contributed by atoms with van der Waals surface area (Å²) in [6, 6.07) is 5.42. The number of aryl methyl sites for hydroxylation is 1. The summed E-state index contributed by atoms with van der Waals surface area (Å²) in [7, 11) is 0. The van der Waals surface area contributed by atoms with Crippen molar-refractivity contribution in [1.29, 1.82) is 0 Å². The number of hydrogen-bond acceptors (Lipinski definition) is 6. The molecule has 0 aliphatic carbocycles. The fourth-order valence-electron chi connectivity index (χ4n) is 3.20. The Labute approximate surface area is 174 Å². The van der Waals surface area contributed by atoms with Gasteiger partial charge in [0.2, 0.25) is 0 Å². The zero-order valence-corrected chi connectivity index (χ0v) is 17.1. The Kier molecular flexibility index (Phi) is 6.46. The summed E-state index contributed by atoms with van der Waals surface area (Å²) < 4.78 is 7.46. The molecule has 0 fully saturated rings. The first kappa shape index (κ1) is 20.8. The van der Waals surface area contributed by atoms with Gasteiger partial charge in [0.05, 0.1) is 23.6 Å². The van der Waals surface area contributed by atoms with Crippen LogP contribution in [0.2, 0.25) is 0 Å². The minimum Gasteiger partial charge on any atom is -0.493 e. The molecule has 0 saturated carbocycles. The lowest BCUT2D eigenvalue weighted by Crippen LogP contribution is -2.20. The molecule has 4 rings (SSSR count). The Morgan fingerprint density at radius 3 is 2.86 bits per heavy atom. The van der Waals surface area contributed by atoms with E-state index in [1.807, 2.05) is 30.5 Å². The lowest BCUT2D eigenvalue weighted by Gasteiger charge is -2.13. The number of pyridine rings is 1. The molecule has 3 aromatic heterocycles. The molecule has 1 aliphatic rings. The van der Waals surface area contributed by atoms with Crippen LogP contribution in [0.5, 0.6) is 5.75 Å². The van der Waals surface area contributed by atoms with Crippen molar-refractivity contribution in [3.05, 3.63) is 53.6 Å². The normalized spacial score (nSPS) is 13.5. The van der Waals surface area contributed by atoms with Crippen molar-refractivity contribution in [3.63, 3.8) is 0 Å². The van der Waals surface area contributed by atoms with E-state index in [2.05, 4.69) is 31.9 Å². The number of rotatable bonds is 5. The highest BCUT2D eigenvalue weighted by atomic mass is 35.5. The summed E-state index contributed by atoms with van der Waals surface area (Å²) in [5, 5.41) is 14.5. The first-order chi connectivity index (χ1) is 13.6. The number of carbonyl (C=O) groups excluding carboxylic acids is 1. The fraction of sp³-hybridized carbons (Fsp3) is 0.300. The van der Waals surface area contributed by atoms with E-state index < -0.39 is 0 Å². The van der Waals surface area contributed by atoms with Gasteiger partial charge in [0.15, 0.2) is 5.82 Å². The summed E-state index contributed by atoms with van der Waals surface area (Å²) in [4.78, 5) is 17.2. The van der Waals surface area contributed by atoms with Crippen molar-refractivity contribution in [1.82, 2.24) is 24.9 Å². The lowest BCUT2D eigenvalue weighted by atomic mass is 10.1. The molecule has 9 heteroatoms. The maximum atomic E-state index is 12.8. The van der Waals surface area contributed by atoms with Crippen molar-refractivity contribution < 1.29 is 9.53 Å². The topological polar surface area (TPSA) is 93.4 Å². The molecule has 0 spiro atoms. The average molecular weight is 415 g/mol. The average Bonchev–Trinajstić information content (AvgIpc) is 3.08.